The van der Waals surface area contributed by atoms with E-state index in [1.807, 2.05) is 0 Å². The Morgan fingerprint density at radius 3 is 3.00 bits per heavy atom. The van der Waals surface area contributed by atoms with Crippen molar-refractivity contribution in [1.29, 1.82) is 0 Å². The molecule has 2 rings (SSSR count). The van der Waals surface area contributed by atoms with Crippen LogP contribution in [0.5, 0.6) is 5.75 Å². The maximum atomic E-state index is 11.6. The summed E-state index contributed by atoms with van der Waals surface area (Å²) in [5, 5.41) is 18.5. The minimum absolute atomic E-state index is 0.0158. The first kappa shape index (κ1) is 10.2. The molecule has 0 bridgehead atoms. The Morgan fingerprint density at radius 2 is 2.31 bits per heavy atom. The third-order valence-corrected chi connectivity index (χ3v) is 2.00. The smallest absolute Gasteiger partial charge is 0.274 e. The monoisotopic (exact) mass is 218 g/mol. The van der Waals surface area contributed by atoms with Gasteiger partial charge in [0, 0.05) is 12.4 Å². The number of hydrogen-bond acceptors (Lipinski definition) is 4. The first-order chi connectivity index (χ1) is 7.77. The zero-order chi connectivity index (χ0) is 11.4. The van der Waals surface area contributed by atoms with Crippen LogP contribution in [0.4, 0.5) is 0 Å². The lowest BCUT2D eigenvalue weighted by Crippen LogP contribution is -2.24. The Balaban J connectivity index is 2.01. The summed E-state index contributed by atoms with van der Waals surface area (Å²) in [7, 11) is 0. The van der Waals surface area contributed by atoms with Crippen molar-refractivity contribution in [3.05, 3.63) is 42.0 Å². The lowest BCUT2D eigenvalue weighted by atomic mass is 10.3. The van der Waals surface area contributed by atoms with Gasteiger partial charge >= 0.3 is 0 Å². The molecule has 0 aliphatic carbocycles. The highest BCUT2D eigenvalue weighted by atomic mass is 16.3. The van der Waals surface area contributed by atoms with Crippen molar-refractivity contribution in [3.63, 3.8) is 0 Å². The number of carbonyl (C=O) groups excluding carboxylic acids is 1. The molecule has 0 unspecified atom stereocenters. The average Bonchev–Trinajstić information content (AvgIpc) is 2.79. The zero-order valence-electron chi connectivity index (χ0n) is 8.34. The van der Waals surface area contributed by atoms with Crippen LogP contribution in [-0.2, 0) is 6.54 Å². The molecular weight excluding hydrogens is 208 g/mol. The molecule has 3 N–H and O–H groups in total. The predicted octanol–water partition coefficient (Wildman–Crippen LogP) is 0.440. The Labute approximate surface area is 91.3 Å². The summed E-state index contributed by atoms with van der Waals surface area (Å²) in [5.74, 6) is -0.558. The summed E-state index contributed by atoms with van der Waals surface area (Å²) >= 11 is 0. The van der Waals surface area contributed by atoms with E-state index in [-0.39, 0.29) is 11.4 Å². The normalized spacial score (nSPS) is 10.0. The number of rotatable bonds is 3. The van der Waals surface area contributed by atoms with Gasteiger partial charge in [-0.15, -0.1) is 0 Å². The summed E-state index contributed by atoms with van der Waals surface area (Å²) < 4.78 is 0. The van der Waals surface area contributed by atoms with Crippen molar-refractivity contribution in [3.8, 4) is 5.75 Å². The van der Waals surface area contributed by atoms with E-state index in [4.69, 9.17) is 0 Å². The molecule has 2 aromatic heterocycles. The van der Waals surface area contributed by atoms with Gasteiger partial charge in [-0.3, -0.25) is 9.89 Å². The van der Waals surface area contributed by atoms with E-state index in [0.29, 0.717) is 6.54 Å². The van der Waals surface area contributed by atoms with Gasteiger partial charge in [0.2, 0.25) is 0 Å². The predicted molar refractivity (Wildman–Crippen MR) is 55.7 cm³/mol. The van der Waals surface area contributed by atoms with Crippen molar-refractivity contribution < 1.29 is 9.90 Å². The Morgan fingerprint density at radius 1 is 1.44 bits per heavy atom. The number of aromatic amines is 1. The molecule has 16 heavy (non-hydrogen) atoms. The molecule has 0 atom stereocenters. The van der Waals surface area contributed by atoms with Gasteiger partial charge in [-0.25, -0.2) is 4.98 Å². The molecule has 0 radical (unpaired) electrons. The standard InChI is InChI=1S/C10H10N4O2/c15-8-2-1-4-11-9(8)10(16)12-6-7-3-5-13-14-7/h1-5,15H,6H2,(H,12,16)(H,13,14). The highest BCUT2D eigenvalue weighted by Crippen LogP contribution is 2.11. The Hall–Kier alpha value is -2.37. The fraction of sp³-hybridized carbons (Fsp3) is 0.100. The number of aromatic nitrogens is 3. The number of aromatic hydroxyl groups is 1. The molecule has 82 valence electrons. The molecule has 2 heterocycles. The third-order valence-electron chi connectivity index (χ3n) is 2.00. The van der Waals surface area contributed by atoms with Gasteiger partial charge in [-0.05, 0) is 18.2 Å². The summed E-state index contributed by atoms with van der Waals surface area (Å²) in [6.45, 7) is 0.314. The van der Waals surface area contributed by atoms with Crippen LogP contribution in [0.25, 0.3) is 0 Å². The van der Waals surface area contributed by atoms with E-state index in [9.17, 15) is 9.90 Å². The molecule has 2 aromatic rings. The first-order valence-electron chi connectivity index (χ1n) is 4.68. The third kappa shape index (κ3) is 2.17. The van der Waals surface area contributed by atoms with E-state index >= 15 is 0 Å². The zero-order valence-corrected chi connectivity index (χ0v) is 8.34. The number of pyridine rings is 1. The van der Waals surface area contributed by atoms with Crippen molar-refractivity contribution in [1.82, 2.24) is 20.5 Å². The number of hydrogen-bond donors (Lipinski definition) is 3. The van der Waals surface area contributed by atoms with Crippen LogP contribution in [0.15, 0.2) is 30.6 Å². The highest BCUT2D eigenvalue weighted by molar-refractivity contribution is 5.94. The second-order valence-electron chi connectivity index (χ2n) is 3.14. The van der Waals surface area contributed by atoms with Crippen LogP contribution < -0.4 is 5.32 Å². The Kier molecular flexibility index (Phi) is 2.81. The van der Waals surface area contributed by atoms with Gasteiger partial charge < -0.3 is 10.4 Å². The van der Waals surface area contributed by atoms with Crippen molar-refractivity contribution in [2.24, 2.45) is 0 Å². The van der Waals surface area contributed by atoms with Gasteiger partial charge in [0.05, 0.1) is 12.2 Å². The maximum absolute atomic E-state index is 11.6. The summed E-state index contributed by atoms with van der Waals surface area (Å²) in [6.07, 6.45) is 3.05. The number of amides is 1. The van der Waals surface area contributed by atoms with Crippen LogP contribution in [0.1, 0.15) is 16.2 Å². The number of nitrogens with zero attached hydrogens (tertiary/aromatic N) is 2. The summed E-state index contributed by atoms with van der Waals surface area (Å²) in [4.78, 5) is 15.4. The van der Waals surface area contributed by atoms with Crippen LogP contribution in [0.3, 0.4) is 0 Å². The van der Waals surface area contributed by atoms with Crippen LogP contribution in [0.2, 0.25) is 0 Å². The van der Waals surface area contributed by atoms with Gasteiger partial charge in [-0.2, -0.15) is 5.10 Å². The van der Waals surface area contributed by atoms with Crippen LogP contribution >= 0.6 is 0 Å². The lowest BCUT2D eigenvalue weighted by molar-refractivity contribution is 0.0942. The topological polar surface area (TPSA) is 90.9 Å². The maximum Gasteiger partial charge on any atom is 0.274 e. The van der Waals surface area contributed by atoms with Gasteiger partial charge in [-0.1, -0.05) is 0 Å². The highest BCUT2D eigenvalue weighted by Gasteiger charge is 2.11. The van der Waals surface area contributed by atoms with E-state index in [1.165, 1.54) is 12.3 Å². The molecule has 0 spiro atoms. The second kappa shape index (κ2) is 4.43. The molecule has 6 nitrogen and oxygen atoms in total. The van der Waals surface area contributed by atoms with Gasteiger partial charge in [0.25, 0.3) is 5.91 Å². The van der Waals surface area contributed by atoms with Gasteiger partial charge in [0.1, 0.15) is 5.75 Å². The number of H-pyrrole nitrogens is 1. The minimum atomic E-state index is -0.423. The first-order valence-corrected chi connectivity index (χ1v) is 4.68. The fourth-order valence-corrected chi connectivity index (χ4v) is 1.21. The minimum Gasteiger partial charge on any atom is -0.505 e. The molecular formula is C10H10N4O2. The van der Waals surface area contributed by atoms with Gasteiger partial charge in [0.15, 0.2) is 5.69 Å². The molecule has 0 aliphatic rings. The summed E-state index contributed by atoms with van der Waals surface area (Å²) in [6, 6.07) is 4.72. The lowest BCUT2D eigenvalue weighted by Gasteiger charge is -2.03. The van der Waals surface area contributed by atoms with Crippen LogP contribution in [0, 0.1) is 0 Å². The SMILES string of the molecule is O=C(NCc1ccn[nH]1)c1ncccc1O. The fourth-order valence-electron chi connectivity index (χ4n) is 1.21. The van der Waals surface area contributed by atoms with E-state index < -0.39 is 5.91 Å². The summed E-state index contributed by atoms with van der Waals surface area (Å²) in [5.41, 5.74) is 0.797. The molecule has 0 aliphatic heterocycles. The molecule has 0 saturated carbocycles. The largest absolute Gasteiger partial charge is 0.505 e. The number of carbonyl (C=O) groups is 1. The molecule has 6 heteroatoms. The van der Waals surface area contributed by atoms with Crippen LogP contribution in [-0.4, -0.2) is 26.2 Å². The second-order valence-corrected chi connectivity index (χ2v) is 3.14. The molecule has 1 amide bonds. The Bertz CT molecular complexity index is 481. The average molecular weight is 218 g/mol. The quantitative estimate of drug-likeness (QED) is 0.697. The molecule has 0 aromatic carbocycles. The van der Waals surface area contributed by atoms with E-state index in [2.05, 4.69) is 20.5 Å². The molecule has 0 fully saturated rings. The van der Waals surface area contributed by atoms with Crippen molar-refractivity contribution >= 4 is 5.91 Å². The number of nitrogens with one attached hydrogen (secondary N) is 2. The van der Waals surface area contributed by atoms with E-state index in [0.717, 1.165) is 5.69 Å². The van der Waals surface area contributed by atoms with Crippen molar-refractivity contribution in [2.75, 3.05) is 0 Å². The molecule has 0 saturated heterocycles. The van der Waals surface area contributed by atoms with Crippen molar-refractivity contribution in [2.45, 2.75) is 6.54 Å². The van der Waals surface area contributed by atoms with E-state index in [1.54, 1.807) is 18.3 Å².